The lowest BCUT2D eigenvalue weighted by molar-refractivity contribution is -0.138. The number of methoxy groups -OCH3 is 1. The predicted molar refractivity (Wildman–Crippen MR) is 118 cm³/mol. The van der Waals surface area contributed by atoms with Gasteiger partial charge in [0.15, 0.2) is 5.96 Å². The van der Waals surface area contributed by atoms with Crippen LogP contribution in [0.25, 0.3) is 0 Å². The van der Waals surface area contributed by atoms with Gasteiger partial charge in [-0.25, -0.2) is 0 Å². The summed E-state index contributed by atoms with van der Waals surface area (Å²) in [6.07, 6.45) is -3.94. The van der Waals surface area contributed by atoms with Crippen LogP contribution in [-0.4, -0.2) is 52.6 Å². The molecule has 0 amide bonds. The Labute approximate surface area is 187 Å². The lowest BCUT2D eigenvalue weighted by atomic mass is 10.1. The van der Waals surface area contributed by atoms with Crippen molar-refractivity contribution in [2.75, 3.05) is 40.5 Å². The van der Waals surface area contributed by atoms with E-state index in [4.69, 9.17) is 14.2 Å². The molecule has 0 saturated heterocycles. The fraction of sp³-hybridized carbons (Fsp3) is 0.632. The molecular weight excluding hydrogens is 502 g/mol. The largest absolute Gasteiger partial charge is 0.491 e. The minimum absolute atomic E-state index is 0. The van der Waals surface area contributed by atoms with E-state index in [-0.39, 0.29) is 47.9 Å². The van der Waals surface area contributed by atoms with E-state index < -0.39 is 11.7 Å². The van der Waals surface area contributed by atoms with Gasteiger partial charge >= 0.3 is 6.18 Å². The Balaban J connectivity index is 0.00000784. The summed E-state index contributed by atoms with van der Waals surface area (Å²) in [6, 6.07) is 3.99. The van der Waals surface area contributed by atoms with Crippen molar-refractivity contribution in [3.8, 4) is 5.75 Å². The normalized spacial score (nSPS) is 11.9. The van der Waals surface area contributed by atoms with Crippen molar-refractivity contribution in [2.45, 2.75) is 39.1 Å². The number of hydrogen-bond donors (Lipinski definition) is 2. The second-order valence-electron chi connectivity index (χ2n) is 6.29. The van der Waals surface area contributed by atoms with Gasteiger partial charge < -0.3 is 24.8 Å². The van der Waals surface area contributed by atoms with Crippen molar-refractivity contribution in [2.24, 2.45) is 4.99 Å². The molecule has 0 aliphatic heterocycles. The van der Waals surface area contributed by atoms with Gasteiger partial charge in [-0.15, -0.1) is 24.0 Å². The maximum atomic E-state index is 13.4. The van der Waals surface area contributed by atoms with E-state index in [1.165, 1.54) is 6.07 Å². The molecule has 0 aliphatic carbocycles. The highest BCUT2D eigenvalue weighted by Crippen LogP contribution is 2.34. The van der Waals surface area contributed by atoms with Crippen molar-refractivity contribution < 1.29 is 27.4 Å². The summed E-state index contributed by atoms with van der Waals surface area (Å²) in [4.78, 5) is 4.03. The fourth-order valence-electron chi connectivity index (χ4n) is 2.34. The maximum Gasteiger partial charge on any atom is 0.416 e. The molecule has 0 aliphatic rings. The highest BCUT2D eigenvalue weighted by Gasteiger charge is 2.33. The van der Waals surface area contributed by atoms with Crippen molar-refractivity contribution in [1.29, 1.82) is 0 Å². The molecule has 0 spiro atoms. The Kier molecular flexibility index (Phi) is 14.0. The van der Waals surface area contributed by atoms with Gasteiger partial charge in [-0.2, -0.15) is 13.2 Å². The number of nitrogens with one attached hydrogen (secondary N) is 2. The number of aliphatic imine (C=N–C) groups is 1. The highest BCUT2D eigenvalue weighted by molar-refractivity contribution is 14.0. The molecule has 0 radical (unpaired) electrons. The molecule has 6 nitrogen and oxygen atoms in total. The van der Waals surface area contributed by atoms with Crippen LogP contribution in [0.2, 0.25) is 0 Å². The topological polar surface area (TPSA) is 64.1 Å². The first kappa shape index (κ1) is 27.7. The third-order valence-corrected chi connectivity index (χ3v) is 3.62. The maximum absolute atomic E-state index is 13.4. The monoisotopic (exact) mass is 533 g/mol. The van der Waals surface area contributed by atoms with Gasteiger partial charge in [0.25, 0.3) is 0 Å². The van der Waals surface area contributed by atoms with E-state index in [1.807, 2.05) is 0 Å². The lowest BCUT2D eigenvalue weighted by Crippen LogP contribution is -2.38. The SMILES string of the molecule is CN=C(NCCCOCCOC)NCc1ccc(OC(C)C)cc1C(F)(F)F.I. The zero-order chi connectivity index (χ0) is 21.0. The number of benzene rings is 1. The van der Waals surface area contributed by atoms with E-state index in [9.17, 15) is 13.2 Å². The quantitative estimate of drug-likeness (QED) is 0.196. The summed E-state index contributed by atoms with van der Waals surface area (Å²) >= 11 is 0. The van der Waals surface area contributed by atoms with Crippen molar-refractivity contribution in [3.05, 3.63) is 29.3 Å². The smallest absolute Gasteiger partial charge is 0.416 e. The van der Waals surface area contributed by atoms with Crippen LogP contribution in [0.5, 0.6) is 5.75 Å². The summed E-state index contributed by atoms with van der Waals surface area (Å²) < 4.78 is 55.8. The van der Waals surface area contributed by atoms with E-state index in [1.54, 1.807) is 34.1 Å². The minimum atomic E-state index is -4.47. The van der Waals surface area contributed by atoms with Crippen molar-refractivity contribution in [3.63, 3.8) is 0 Å². The molecular formula is C19H31F3IN3O3. The van der Waals surface area contributed by atoms with E-state index in [0.717, 1.165) is 12.5 Å². The Morgan fingerprint density at radius 3 is 2.45 bits per heavy atom. The van der Waals surface area contributed by atoms with Crippen LogP contribution in [-0.2, 0) is 22.2 Å². The summed E-state index contributed by atoms with van der Waals surface area (Å²) in [5, 5.41) is 5.95. The first-order valence-electron chi connectivity index (χ1n) is 9.16. The average molecular weight is 533 g/mol. The zero-order valence-electron chi connectivity index (χ0n) is 17.3. The highest BCUT2D eigenvalue weighted by atomic mass is 127. The molecule has 1 aromatic carbocycles. The molecule has 1 aromatic rings. The fourth-order valence-corrected chi connectivity index (χ4v) is 2.34. The van der Waals surface area contributed by atoms with Crippen LogP contribution >= 0.6 is 24.0 Å². The standard InChI is InChI=1S/C19H30F3N3O3.HI/c1-14(2)28-16-7-6-15(17(12-16)19(20,21)22)13-25-18(23-3)24-8-5-9-27-11-10-26-4;/h6-7,12,14H,5,8-11,13H2,1-4H3,(H2,23,24,25);1H. The predicted octanol–water partition coefficient (Wildman–Crippen LogP) is 3.83. The Morgan fingerprint density at radius 1 is 1.14 bits per heavy atom. The van der Waals surface area contributed by atoms with Gasteiger partial charge in [0.1, 0.15) is 5.75 Å². The number of rotatable bonds is 11. The summed E-state index contributed by atoms with van der Waals surface area (Å²) in [7, 11) is 3.17. The Hall–Kier alpha value is -1.27. The third-order valence-electron chi connectivity index (χ3n) is 3.62. The molecule has 0 atom stereocenters. The molecule has 0 bridgehead atoms. The Bertz CT molecular complexity index is 614. The van der Waals surface area contributed by atoms with E-state index in [2.05, 4.69) is 15.6 Å². The number of nitrogens with zero attached hydrogens (tertiary/aromatic N) is 1. The number of hydrogen-bond acceptors (Lipinski definition) is 4. The van der Waals surface area contributed by atoms with Crippen molar-refractivity contribution in [1.82, 2.24) is 10.6 Å². The summed E-state index contributed by atoms with van der Waals surface area (Å²) in [6.45, 7) is 5.73. The molecule has 2 N–H and O–H groups in total. The first-order chi connectivity index (χ1) is 13.3. The van der Waals surface area contributed by atoms with Crippen LogP contribution in [0, 0.1) is 0 Å². The first-order valence-corrected chi connectivity index (χ1v) is 9.16. The minimum Gasteiger partial charge on any atom is -0.491 e. The van der Waals surface area contributed by atoms with Gasteiger partial charge in [-0.05, 0) is 38.0 Å². The van der Waals surface area contributed by atoms with Crippen LogP contribution in [0.3, 0.4) is 0 Å². The molecule has 0 heterocycles. The Morgan fingerprint density at radius 2 is 1.86 bits per heavy atom. The van der Waals surface area contributed by atoms with Gasteiger partial charge in [0, 0.05) is 33.9 Å². The number of guanidine groups is 1. The number of alkyl halides is 3. The molecule has 1 rings (SSSR count). The van der Waals surface area contributed by atoms with E-state index in [0.29, 0.717) is 32.3 Å². The summed E-state index contributed by atoms with van der Waals surface area (Å²) in [5.41, 5.74) is -0.602. The van der Waals surface area contributed by atoms with Gasteiger partial charge in [0.05, 0.1) is 24.9 Å². The molecule has 0 unspecified atom stereocenters. The van der Waals surface area contributed by atoms with Crippen LogP contribution in [0.1, 0.15) is 31.4 Å². The third kappa shape index (κ3) is 11.5. The number of halogens is 4. The van der Waals surface area contributed by atoms with Crippen LogP contribution < -0.4 is 15.4 Å². The molecule has 0 aromatic heterocycles. The van der Waals surface area contributed by atoms with Gasteiger partial charge in [-0.1, -0.05) is 6.07 Å². The van der Waals surface area contributed by atoms with Gasteiger partial charge in [-0.3, -0.25) is 4.99 Å². The average Bonchev–Trinajstić information content (AvgIpc) is 2.63. The second kappa shape index (κ2) is 14.7. The van der Waals surface area contributed by atoms with Crippen molar-refractivity contribution >= 4 is 29.9 Å². The van der Waals surface area contributed by atoms with Gasteiger partial charge in [0.2, 0.25) is 0 Å². The lowest BCUT2D eigenvalue weighted by Gasteiger charge is -2.18. The molecule has 29 heavy (non-hydrogen) atoms. The second-order valence-corrected chi connectivity index (χ2v) is 6.29. The molecule has 0 fully saturated rings. The number of ether oxygens (including phenoxy) is 3. The zero-order valence-corrected chi connectivity index (χ0v) is 19.6. The molecule has 10 heteroatoms. The van der Waals surface area contributed by atoms with E-state index >= 15 is 0 Å². The molecule has 168 valence electrons. The van der Waals surface area contributed by atoms with Crippen LogP contribution in [0.15, 0.2) is 23.2 Å². The molecule has 0 saturated carbocycles. The van der Waals surface area contributed by atoms with Crippen LogP contribution in [0.4, 0.5) is 13.2 Å². The summed E-state index contributed by atoms with van der Waals surface area (Å²) in [5.74, 6) is 0.620.